The Morgan fingerprint density at radius 1 is 1.25 bits per heavy atom. The van der Waals surface area contributed by atoms with Gasteiger partial charge in [0.2, 0.25) is 0 Å². The zero-order valence-corrected chi connectivity index (χ0v) is 14.7. The van der Waals surface area contributed by atoms with Crippen LogP contribution in [0.1, 0.15) is 60.0 Å². The van der Waals surface area contributed by atoms with E-state index in [1.54, 1.807) is 11.3 Å². The highest BCUT2D eigenvalue weighted by atomic mass is 32.1. The molecule has 0 saturated carbocycles. The summed E-state index contributed by atoms with van der Waals surface area (Å²) in [5.41, 5.74) is 2.37. The first-order chi connectivity index (χ1) is 9.27. The summed E-state index contributed by atoms with van der Waals surface area (Å²) in [6, 6.07) is 0.313. The van der Waals surface area contributed by atoms with E-state index in [1.165, 1.54) is 9.88 Å². The van der Waals surface area contributed by atoms with E-state index in [0.717, 1.165) is 22.9 Å². The molecule has 1 N–H and O–H groups in total. The van der Waals surface area contributed by atoms with Gasteiger partial charge in [0.05, 0.1) is 10.7 Å². The van der Waals surface area contributed by atoms with Gasteiger partial charge in [0.15, 0.2) is 0 Å². The molecule has 2 rings (SSSR count). The molecule has 0 spiro atoms. The summed E-state index contributed by atoms with van der Waals surface area (Å²) in [6.07, 6.45) is 0. The number of aromatic nitrogens is 2. The van der Waals surface area contributed by atoms with Gasteiger partial charge >= 0.3 is 0 Å². The second-order valence-electron chi connectivity index (χ2n) is 6.20. The minimum absolute atomic E-state index is 0.125. The molecule has 0 aliphatic carbocycles. The van der Waals surface area contributed by atoms with Crippen LogP contribution in [0.2, 0.25) is 0 Å². The maximum Gasteiger partial charge on any atom is 0.107 e. The molecule has 0 fully saturated rings. The molecule has 0 aliphatic heterocycles. The van der Waals surface area contributed by atoms with Gasteiger partial charge in [-0.15, -0.1) is 22.7 Å². The lowest BCUT2D eigenvalue weighted by Gasteiger charge is -2.14. The van der Waals surface area contributed by atoms with E-state index in [9.17, 15) is 0 Å². The highest BCUT2D eigenvalue weighted by Gasteiger charge is 2.22. The lowest BCUT2D eigenvalue weighted by atomic mass is 9.98. The molecule has 0 saturated heterocycles. The normalized spacial score (nSPS) is 13.7. The molecule has 1 atom stereocenters. The molecule has 5 heteroatoms. The fourth-order valence-corrected chi connectivity index (χ4v) is 3.82. The molecule has 0 aromatic carbocycles. The van der Waals surface area contributed by atoms with E-state index in [4.69, 9.17) is 4.98 Å². The Bertz CT molecular complexity index is 578. The van der Waals surface area contributed by atoms with Gasteiger partial charge in [-0.2, -0.15) is 0 Å². The van der Waals surface area contributed by atoms with E-state index in [-0.39, 0.29) is 5.41 Å². The monoisotopic (exact) mass is 309 g/mol. The SMILES string of the molecule is Cc1csc(CNC(C)c2sc(C(C)(C)C)nc2C)n1. The molecule has 0 bridgehead atoms. The Labute approximate surface area is 129 Å². The number of aryl methyl sites for hydroxylation is 2. The average molecular weight is 310 g/mol. The van der Waals surface area contributed by atoms with Gasteiger partial charge in [0, 0.05) is 34.0 Å². The van der Waals surface area contributed by atoms with Crippen LogP contribution in [0.4, 0.5) is 0 Å². The van der Waals surface area contributed by atoms with E-state index < -0.39 is 0 Å². The predicted octanol–water partition coefficient (Wildman–Crippen LogP) is 4.36. The van der Waals surface area contributed by atoms with Crippen LogP contribution in [0.15, 0.2) is 5.38 Å². The Kier molecular flexibility index (Phi) is 4.62. The van der Waals surface area contributed by atoms with Crippen molar-refractivity contribution in [2.24, 2.45) is 0 Å². The summed E-state index contributed by atoms with van der Waals surface area (Å²) in [6.45, 7) is 13.8. The first kappa shape index (κ1) is 15.6. The molecule has 2 aromatic rings. The first-order valence-electron chi connectivity index (χ1n) is 6.89. The average Bonchev–Trinajstić information content (AvgIpc) is 2.92. The van der Waals surface area contributed by atoms with E-state index in [0.29, 0.717) is 6.04 Å². The fourth-order valence-electron chi connectivity index (χ4n) is 1.95. The molecule has 0 amide bonds. The van der Waals surface area contributed by atoms with E-state index in [1.807, 2.05) is 18.3 Å². The highest BCUT2D eigenvalue weighted by molar-refractivity contribution is 7.12. The van der Waals surface area contributed by atoms with Crippen LogP contribution in [0.25, 0.3) is 0 Å². The summed E-state index contributed by atoms with van der Waals surface area (Å²) in [4.78, 5) is 10.6. The Morgan fingerprint density at radius 2 is 1.95 bits per heavy atom. The van der Waals surface area contributed by atoms with Crippen LogP contribution in [-0.2, 0) is 12.0 Å². The minimum Gasteiger partial charge on any atom is -0.303 e. The van der Waals surface area contributed by atoms with Gasteiger partial charge < -0.3 is 5.32 Å². The molecular formula is C15H23N3S2. The second-order valence-corrected chi connectivity index (χ2v) is 8.18. The van der Waals surface area contributed by atoms with Gasteiger partial charge in [0.1, 0.15) is 5.01 Å². The maximum atomic E-state index is 4.73. The number of nitrogens with zero attached hydrogens (tertiary/aromatic N) is 2. The molecule has 2 heterocycles. The van der Waals surface area contributed by atoms with Crippen molar-refractivity contribution >= 4 is 22.7 Å². The van der Waals surface area contributed by atoms with Crippen LogP contribution in [-0.4, -0.2) is 9.97 Å². The van der Waals surface area contributed by atoms with Gasteiger partial charge in [-0.25, -0.2) is 9.97 Å². The van der Waals surface area contributed by atoms with Gasteiger partial charge in [-0.05, 0) is 20.8 Å². The fraction of sp³-hybridized carbons (Fsp3) is 0.600. The summed E-state index contributed by atoms with van der Waals surface area (Å²) < 4.78 is 0. The van der Waals surface area contributed by atoms with Crippen LogP contribution in [0, 0.1) is 13.8 Å². The van der Waals surface area contributed by atoms with Crippen molar-refractivity contribution < 1.29 is 0 Å². The number of nitrogens with one attached hydrogen (secondary N) is 1. The molecule has 1 unspecified atom stereocenters. The standard InChI is InChI=1S/C15H23N3S2/c1-9-8-19-12(17-9)7-16-10(2)13-11(3)18-14(20-13)15(4,5)6/h8,10,16H,7H2,1-6H3. The van der Waals surface area contributed by atoms with Gasteiger partial charge in [0.25, 0.3) is 0 Å². The minimum atomic E-state index is 0.125. The van der Waals surface area contributed by atoms with Crippen molar-refractivity contribution in [3.05, 3.63) is 31.7 Å². The van der Waals surface area contributed by atoms with Crippen LogP contribution in [0.3, 0.4) is 0 Å². The smallest absolute Gasteiger partial charge is 0.107 e. The zero-order valence-electron chi connectivity index (χ0n) is 13.1. The van der Waals surface area contributed by atoms with Crippen molar-refractivity contribution in [3.63, 3.8) is 0 Å². The Balaban J connectivity index is 2.05. The third-order valence-electron chi connectivity index (χ3n) is 3.09. The molecule has 110 valence electrons. The zero-order chi connectivity index (χ0) is 14.9. The summed E-state index contributed by atoms with van der Waals surface area (Å²) >= 11 is 3.54. The van der Waals surface area contributed by atoms with Crippen LogP contribution >= 0.6 is 22.7 Å². The highest BCUT2D eigenvalue weighted by Crippen LogP contribution is 2.32. The molecule has 2 aromatic heterocycles. The van der Waals surface area contributed by atoms with Crippen molar-refractivity contribution in [1.82, 2.24) is 15.3 Å². The summed E-state index contributed by atoms with van der Waals surface area (Å²) in [5, 5.41) is 8.00. The first-order valence-corrected chi connectivity index (χ1v) is 8.59. The third kappa shape index (κ3) is 3.65. The third-order valence-corrected chi connectivity index (χ3v) is 5.83. The number of thiazole rings is 2. The molecular weight excluding hydrogens is 286 g/mol. The Morgan fingerprint density at radius 3 is 2.45 bits per heavy atom. The largest absolute Gasteiger partial charge is 0.303 e. The van der Waals surface area contributed by atoms with Crippen molar-refractivity contribution in [1.29, 1.82) is 0 Å². The van der Waals surface area contributed by atoms with Crippen LogP contribution in [0.5, 0.6) is 0 Å². The molecule has 20 heavy (non-hydrogen) atoms. The van der Waals surface area contributed by atoms with Crippen molar-refractivity contribution in [2.75, 3.05) is 0 Å². The van der Waals surface area contributed by atoms with E-state index in [2.05, 4.69) is 50.3 Å². The Hall–Kier alpha value is -0.780. The second kappa shape index (κ2) is 5.92. The van der Waals surface area contributed by atoms with E-state index >= 15 is 0 Å². The quantitative estimate of drug-likeness (QED) is 0.911. The number of hydrogen-bond donors (Lipinski definition) is 1. The van der Waals surface area contributed by atoms with Crippen molar-refractivity contribution in [3.8, 4) is 0 Å². The topological polar surface area (TPSA) is 37.8 Å². The lowest BCUT2D eigenvalue weighted by Crippen LogP contribution is -2.17. The summed E-state index contributed by atoms with van der Waals surface area (Å²) in [7, 11) is 0. The molecule has 0 aliphatic rings. The predicted molar refractivity (Wildman–Crippen MR) is 87.7 cm³/mol. The number of hydrogen-bond acceptors (Lipinski definition) is 5. The van der Waals surface area contributed by atoms with Crippen molar-refractivity contribution in [2.45, 2.75) is 59.5 Å². The van der Waals surface area contributed by atoms with Crippen LogP contribution < -0.4 is 5.32 Å². The van der Waals surface area contributed by atoms with Gasteiger partial charge in [-0.1, -0.05) is 20.8 Å². The maximum absolute atomic E-state index is 4.73. The number of rotatable bonds is 4. The molecule has 3 nitrogen and oxygen atoms in total. The van der Waals surface area contributed by atoms with Gasteiger partial charge in [-0.3, -0.25) is 0 Å². The molecule has 0 radical (unpaired) electrons. The lowest BCUT2D eigenvalue weighted by molar-refractivity contribution is 0.575. The summed E-state index contributed by atoms with van der Waals surface area (Å²) in [5.74, 6) is 0.